The van der Waals surface area contributed by atoms with Crippen LogP contribution in [0.15, 0.2) is 0 Å². The second-order valence-electron chi connectivity index (χ2n) is 6.31. The zero-order valence-electron chi connectivity index (χ0n) is 13.2. The van der Waals surface area contributed by atoms with Crippen molar-refractivity contribution in [3.8, 4) is 0 Å². The highest BCUT2D eigenvalue weighted by Crippen LogP contribution is 2.23. The van der Waals surface area contributed by atoms with Crippen molar-refractivity contribution < 1.29 is 0 Å². The molecule has 1 aliphatic heterocycles. The van der Waals surface area contributed by atoms with E-state index < -0.39 is 0 Å². The zero-order valence-corrected chi connectivity index (χ0v) is 14.0. The fraction of sp³-hybridized carbons (Fsp3) is 0.733. The van der Waals surface area contributed by atoms with Gasteiger partial charge in [-0.25, -0.2) is 0 Å². The molecule has 3 rings (SSSR count). The van der Waals surface area contributed by atoms with Gasteiger partial charge in [0.2, 0.25) is 0 Å². The van der Waals surface area contributed by atoms with Crippen LogP contribution in [0.1, 0.15) is 31.9 Å². The predicted octanol–water partition coefficient (Wildman–Crippen LogP) is 2.73. The first-order valence-electron chi connectivity index (χ1n) is 7.93. The Morgan fingerprint density at radius 1 is 1.29 bits per heavy atom. The number of nitrogens with zero attached hydrogens (tertiary/aromatic N) is 4. The third kappa shape index (κ3) is 2.79. The summed E-state index contributed by atoms with van der Waals surface area (Å²) in [5.74, 6) is 0.719. The Morgan fingerprint density at radius 3 is 2.67 bits per heavy atom. The lowest BCUT2D eigenvalue weighted by molar-refractivity contribution is 0.205. The summed E-state index contributed by atoms with van der Waals surface area (Å²) >= 11 is 5.56. The summed E-state index contributed by atoms with van der Waals surface area (Å²) in [6.07, 6.45) is 4.61. The fourth-order valence-corrected chi connectivity index (χ4v) is 3.62. The molecule has 0 unspecified atom stereocenters. The Bertz CT molecular complexity index is 672. The molecule has 1 fully saturated rings. The maximum absolute atomic E-state index is 5.56. The van der Waals surface area contributed by atoms with E-state index in [1.54, 1.807) is 0 Å². The van der Waals surface area contributed by atoms with E-state index in [4.69, 9.17) is 12.2 Å². The van der Waals surface area contributed by atoms with Gasteiger partial charge >= 0.3 is 0 Å². The molecule has 6 heteroatoms. The summed E-state index contributed by atoms with van der Waals surface area (Å²) in [4.78, 5) is 5.79. The van der Waals surface area contributed by atoms with Crippen molar-refractivity contribution in [2.75, 3.05) is 20.1 Å². The number of fused-ring (bicyclic) bond motifs is 1. The SMILES string of the molecule is CCCc1nn(C)c2c1[nH]c(=S)n2CC1CCN(C)CC1. The molecule has 0 spiro atoms. The third-order valence-corrected chi connectivity index (χ3v) is 4.91. The summed E-state index contributed by atoms with van der Waals surface area (Å²) in [6.45, 7) is 5.58. The third-order valence-electron chi connectivity index (χ3n) is 4.59. The van der Waals surface area contributed by atoms with Crippen LogP contribution in [0.25, 0.3) is 11.2 Å². The van der Waals surface area contributed by atoms with Gasteiger partial charge in [-0.05, 0) is 57.5 Å². The molecule has 1 N–H and O–H groups in total. The lowest BCUT2D eigenvalue weighted by Crippen LogP contribution is -2.32. The normalized spacial score (nSPS) is 17.9. The van der Waals surface area contributed by atoms with Crippen molar-refractivity contribution in [1.82, 2.24) is 24.2 Å². The molecule has 0 bridgehead atoms. The second kappa shape index (κ2) is 5.93. The molecule has 1 aliphatic rings. The first-order valence-corrected chi connectivity index (χ1v) is 8.34. The number of aryl methyl sites for hydroxylation is 2. The van der Waals surface area contributed by atoms with E-state index in [-0.39, 0.29) is 0 Å². The van der Waals surface area contributed by atoms with E-state index in [1.165, 1.54) is 25.9 Å². The largest absolute Gasteiger partial charge is 0.328 e. The van der Waals surface area contributed by atoms with Gasteiger partial charge in [-0.3, -0.25) is 4.68 Å². The van der Waals surface area contributed by atoms with Gasteiger partial charge < -0.3 is 14.5 Å². The van der Waals surface area contributed by atoms with Gasteiger partial charge in [0.1, 0.15) is 5.52 Å². The Labute approximate surface area is 130 Å². The number of aromatic nitrogens is 4. The van der Waals surface area contributed by atoms with Crippen molar-refractivity contribution >= 4 is 23.4 Å². The van der Waals surface area contributed by atoms with Crippen molar-refractivity contribution in [1.29, 1.82) is 0 Å². The Hall–Kier alpha value is -1.14. The summed E-state index contributed by atoms with van der Waals surface area (Å²) in [6, 6.07) is 0. The standard InChI is InChI=1S/C15H25N5S/c1-4-5-12-13-14(19(3)17-12)20(15(21)16-13)10-11-6-8-18(2)9-7-11/h11H,4-10H2,1-3H3,(H,16,21). The van der Waals surface area contributed by atoms with Gasteiger partial charge in [-0.2, -0.15) is 5.10 Å². The molecule has 2 aromatic rings. The molecule has 1 saturated heterocycles. The minimum absolute atomic E-state index is 0.719. The number of hydrogen-bond acceptors (Lipinski definition) is 3. The van der Waals surface area contributed by atoms with Crippen LogP contribution in [0.3, 0.4) is 0 Å². The van der Waals surface area contributed by atoms with Gasteiger partial charge in [0, 0.05) is 13.6 Å². The van der Waals surface area contributed by atoms with E-state index in [1.807, 2.05) is 11.7 Å². The number of rotatable bonds is 4. The zero-order chi connectivity index (χ0) is 15.0. The highest BCUT2D eigenvalue weighted by molar-refractivity contribution is 7.71. The van der Waals surface area contributed by atoms with Crippen LogP contribution in [-0.2, 0) is 20.0 Å². The predicted molar refractivity (Wildman–Crippen MR) is 88.1 cm³/mol. The quantitative estimate of drug-likeness (QED) is 0.883. The highest BCUT2D eigenvalue weighted by atomic mass is 32.1. The van der Waals surface area contributed by atoms with Gasteiger partial charge in [0.05, 0.1) is 5.69 Å². The molecule has 0 amide bonds. The number of imidazole rings is 1. The summed E-state index contributed by atoms with van der Waals surface area (Å²) in [5, 5.41) is 4.66. The van der Waals surface area contributed by atoms with Crippen LogP contribution >= 0.6 is 12.2 Å². The molecule has 0 saturated carbocycles. The van der Waals surface area contributed by atoms with Gasteiger partial charge in [0.15, 0.2) is 10.4 Å². The topological polar surface area (TPSA) is 41.8 Å². The average molecular weight is 307 g/mol. The molecular formula is C15H25N5S. The molecule has 0 radical (unpaired) electrons. The van der Waals surface area contributed by atoms with E-state index in [0.29, 0.717) is 0 Å². The Morgan fingerprint density at radius 2 is 2.00 bits per heavy atom. The van der Waals surface area contributed by atoms with Gasteiger partial charge in [0.25, 0.3) is 0 Å². The Balaban J connectivity index is 1.91. The van der Waals surface area contributed by atoms with Crippen molar-refractivity contribution in [2.45, 2.75) is 39.2 Å². The Kier molecular flexibility index (Phi) is 4.17. The maximum Gasteiger partial charge on any atom is 0.179 e. The molecule has 5 nitrogen and oxygen atoms in total. The van der Waals surface area contributed by atoms with E-state index in [0.717, 1.165) is 46.9 Å². The molecule has 2 aromatic heterocycles. The number of aromatic amines is 1. The fourth-order valence-electron chi connectivity index (χ4n) is 3.36. The van der Waals surface area contributed by atoms with Gasteiger partial charge in [-0.15, -0.1) is 0 Å². The van der Waals surface area contributed by atoms with Crippen LogP contribution in [-0.4, -0.2) is 44.4 Å². The monoisotopic (exact) mass is 307 g/mol. The average Bonchev–Trinajstić information content (AvgIpc) is 2.92. The summed E-state index contributed by atoms with van der Waals surface area (Å²) in [7, 11) is 4.23. The molecule has 0 atom stereocenters. The minimum Gasteiger partial charge on any atom is -0.328 e. The molecule has 0 aromatic carbocycles. The van der Waals surface area contributed by atoms with Crippen molar-refractivity contribution in [3.05, 3.63) is 10.5 Å². The maximum atomic E-state index is 5.56. The summed E-state index contributed by atoms with van der Waals surface area (Å²) in [5.41, 5.74) is 3.43. The number of nitrogens with one attached hydrogen (secondary N) is 1. The first-order chi connectivity index (χ1) is 10.1. The van der Waals surface area contributed by atoms with Gasteiger partial charge in [-0.1, -0.05) is 13.3 Å². The van der Waals surface area contributed by atoms with Crippen molar-refractivity contribution in [3.63, 3.8) is 0 Å². The molecule has 21 heavy (non-hydrogen) atoms. The minimum atomic E-state index is 0.719. The van der Waals surface area contributed by atoms with E-state index in [9.17, 15) is 0 Å². The number of piperidine rings is 1. The highest BCUT2D eigenvalue weighted by Gasteiger charge is 2.20. The lowest BCUT2D eigenvalue weighted by Gasteiger charge is -2.29. The van der Waals surface area contributed by atoms with Crippen LogP contribution < -0.4 is 0 Å². The smallest absolute Gasteiger partial charge is 0.179 e. The number of H-pyrrole nitrogens is 1. The van der Waals surface area contributed by atoms with E-state index >= 15 is 0 Å². The second-order valence-corrected chi connectivity index (χ2v) is 6.69. The van der Waals surface area contributed by atoms with Crippen molar-refractivity contribution in [2.24, 2.45) is 13.0 Å². The number of likely N-dealkylation sites (tertiary alicyclic amines) is 1. The molecule has 3 heterocycles. The first kappa shape index (κ1) is 14.8. The van der Waals surface area contributed by atoms with Crippen LogP contribution in [0.5, 0.6) is 0 Å². The molecular weight excluding hydrogens is 282 g/mol. The van der Waals surface area contributed by atoms with Crippen LogP contribution in [0.2, 0.25) is 0 Å². The van der Waals surface area contributed by atoms with E-state index in [2.05, 4.69) is 33.5 Å². The van der Waals surface area contributed by atoms with Crippen LogP contribution in [0.4, 0.5) is 0 Å². The summed E-state index contributed by atoms with van der Waals surface area (Å²) < 4.78 is 5.09. The molecule has 116 valence electrons. The lowest BCUT2D eigenvalue weighted by atomic mass is 9.97. The number of hydrogen-bond donors (Lipinski definition) is 1. The van der Waals surface area contributed by atoms with Crippen LogP contribution in [0, 0.1) is 10.7 Å². The molecule has 0 aliphatic carbocycles.